The highest BCUT2D eigenvalue weighted by molar-refractivity contribution is 5.82. The zero-order valence-electron chi connectivity index (χ0n) is 13.5. The highest BCUT2D eigenvalue weighted by Gasteiger charge is 2.35. The van der Waals surface area contributed by atoms with Gasteiger partial charge in [-0.05, 0) is 37.1 Å². The molecule has 1 aromatic carbocycles. The van der Waals surface area contributed by atoms with Crippen LogP contribution in [-0.4, -0.2) is 39.4 Å². The van der Waals surface area contributed by atoms with E-state index in [0.29, 0.717) is 6.42 Å². The Balaban J connectivity index is 2.17. The first kappa shape index (κ1) is 16.8. The average molecular weight is 307 g/mol. The molecule has 0 amide bonds. The molecule has 5 heteroatoms. The summed E-state index contributed by atoms with van der Waals surface area (Å²) in [6.45, 7) is 0. The second-order valence-corrected chi connectivity index (χ2v) is 5.56. The Bertz CT molecular complexity index is 470. The Morgan fingerprint density at radius 3 is 2.32 bits per heavy atom. The molecule has 122 valence electrons. The summed E-state index contributed by atoms with van der Waals surface area (Å²) in [6, 6.07) is 7.44. The maximum atomic E-state index is 12.3. The third-order valence-electron chi connectivity index (χ3n) is 4.22. The summed E-state index contributed by atoms with van der Waals surface area (Å²) in [5.74, 6) is 1.00. The zero-order chi connectivity index (χ0) is 15.9. The van der Waals surface area contributed by atoms with Gasteiger partial charge in [0.2, 0.25) is 0 Å². The number of Topliss-reactive ketones (excluding diaryl/α,β-unsaturated/α-hetero) is 1. The molecular formula is C17H25NO4. The Morgan fingerprint density at radius 1 is 1.09 bits per heavy atom. The Morgan fingerprint density at radius 2 is 1.77 bits per heavy atom. The maximum Gasteiger partial charge on any atom is 0.177 e. The van der Waals surface area contributed by atoms with Gasteiger partial charge in [0.1, 0.15) is 11.5 Å². The molecule has 0 unspecified atom stereocenters. The molecule has 1 aliphatic carbocycles. The molecule has 22 heavy (non-hydrogen) atoms. The molecule has 5 nitrogen and oxygen atoms in total. The number of carbonyl (C=O) groups excluding carboxylic acids is 1. The molecule has 2 rings (SSSR count). The number of benzene rings is 1. The molecule has 1 aliphatic rings. The zero-order valence-corrected chi connectivity index (χ0v) is 13.5. The first-order valence-electron chi connectivity index (χ1n) is 7.68. The smallest absolute Gasteiger partial charge is 0.177 e. The van der Waals surface area contributed by atoms with Crippen LogP contribution in [-0.2, 0) is 14.3 Å². The number of ketones is 1. The topological polar surface area (TPSA) is 56.8 Å². The van der Waals surface area contributed by atoms with Crippen molar-refractivity contribution in [3.05, 3.63) is 24.3 Å². The molecule has 1 fully saturated rings. The van der Waals surface area contributed by atoms with Gasteiger partial charge in [0.05, 0.1) is 13.2 Å². The van der Waals surface area contributed by atoms with Crippen LogP contribution in [0.15, 0.2) is 24.3 Å². The van der Waals surface area contributed by atoms with E-state index in [2.05, 4.69) is 5.32 Å². The van der Waals surface area contributed by atoms with E-state index in [0.717, 1.165) is 30.7 Å². The predicted molar refractivity (Wildman–Crippen MR) is 85.2 cm³/mol. The Labute approximate surface area is 131 Å². The molecule has 0 spiro atoms. The maximum absolute atomic E-state index is 12.3. The Hall–Kier alpha value is -1.59. The number of hydrogen-bond acceptors (Lipinski definition) is 5. The van der Waals surface area contributed by atoms with Gasteiger partial charge in [-0.15, -0.1) is 0 Å². The molecule has 0 bridgehead atoms. The van der Waals surface area contributed by atoms with Crippen molar-refractivity contribution in [2.45, 2.75) is 38.0 Å². The van der Waals surface area contributed by atoms with Crippen LogP contribution in [0.4, 0.5) is 5.69 Å². The van der Waals surface area contributed by atoms with E-state index in [1.54, 1.807) is 21.3 Å². The van der Waals surface area contributed by atoms with E-state index in [1.165, 1.54) is 0 Å². The van der Waals surface area contributed by atoms with Crippen molar-refractivity contribution in [1.29, 1.82) is 0 Å². The summed E-state index contributed by atoms with van der Waals surface area (Å²) in [7, 11) is 4.84. The summed E-state index contributed by atoms with van der Waals surface area (Å²) < 4.78 is 16.0. The lowest BCUT2D eigenvalue weighted by molar-refractivity contribution is -0.140. The first-order valence-corrected chi connectivity index (χ1v) is 7.68. The van der Waals surface area contributed by atoms with Crippen LogP contribution < -0.4 is 10.1 Å². The number of methoxy groups -OCH3 is 3. The van der Waals surface area contributed by atoms with Gasteiger partial charge in [-0.3, -0.25) is 4.79 Å². The molecule has 0 saturated heterocycles. The fourth-order valence-electron chi connectivity index (χ4n) is 3.02. The van der Waals surface area contributed by atoms with Gasteiger partial charge in [0.15, 0.2) is 6.29 Å². The number of ether oxygens (including phenoxy) is 3. The fraction of sp³-hybridized carbons (Fsp3) is 0.588. The predicted octanol–water partition coefficient (Wildman–Crippen LogP) is 2.85. The van der Waals surface area contributed by atoms with Gasteiger partial charge < -0.3 is 19.5 Å². The highest BCUT2D eigenvalue weighted by Crippen LogP contribution is 2.29. The van der Waals surface area contributed by atoms with Crippen molar-refractivity contribution in [2.24, 2.45) is 5.92 Å². The normalized spacial score (nSPS) is 20.0. The fourth-order valence-corrected chi connectivity index (χ4v) is 3.02. The monoisotopic (exact) mass is 307 g/mol. The average Bonchev–Trinajstić information content (AvgIpc) is 2.56. The number of hydrogen-bond donors (Lipinski definition) is 1. The van der Waals surface area contributed by atoms with Crippen LogP contribution in [0.3, 0.4) is 0 Å². The van der Waals surface area contributed by atoms with E-state index < -0.39 is 6.29 Å². The standard InChI is InChI=1S/C17H25NO4/c1-20-13-10-8-12(9-11-13)18-16(17(21-2)22-3)14-6-4-5-7-15(14)19/h8-11,14,16-18H,4-7H2,1-3H3/t14-,16+/m1/s1. The largest absolute Gasteiger partial charge is 0.497 e. The summed E-state index contributed by atoms with van der Waals surface area (Å²) >= 11 is 0. The van der Waals surface area contributed by atoms with E-state index in [4.69, 9.17) is 14.2 Å². The third kappa shape index (κ3) is 3.99. The van der Waals surface area contributed by atoms with Crippen molar-refractivity contribution in [3.8, 4) is 5.75 Å². The van der Waals surface area contributed by atoms with Crippen LogP contribution in [0.5, 0.6) is 5.75 Å². The van der Waals surface area contributed by atoms with Gasteiger partial charge in [-0.2, -0.15) is 0 Å². The van der Waals surface area contributed by atoms with Crippen LogP contribution in [0.2, 0.25) is 0 Å². The van der Waals surface area contributed by atoms with Crippen LogP contribution >= 0.6 is 0 Å². The molecular weight excluding hydrogens is 282 g/mol. The van der Waals surface area contributed by atoms with Crippen LogP contribution in [0.25, 0.3) is 0 Å². The van der Waals surface area contributed by atoms with E-state index in [1.807, 2.05) is 24.3 Å². The van der Waals surface area contributed by atoms with Gasteiger partial charge in [0, 0.05) is 32.2 Å². The molecule has 1 saturated carbocycles. The van der Waals surface area contributed by atoms with Gasteiger partial charge >= 0.3 is 0 Å². The number of carbonyl (C=O) groups is 1. The minimum atomic E-state index is -0.464. The minimum absolute atomic E-state index is 0.0826. The van der Waals surface area contributed by atoms with E-state index in [-0.39, 0.29) is 17.7 Å². The number of rotatable bonds is 7. The lowest BCUT2D eigenvalue weighted by Gasteiger charge is -2.34. The molecule has 0 heterocycles. The summed E-state index contributed by atoms with van der Waals surface area (Å²) in [4.78, 5) is 12.3. The molecule has 0 aromatic heterocycles. The summed E-state index contributed by atoms with van der Waals surface area (Å²) in [5, 5.41) is 3.41. The van der Waals surface area contributed by atoms with Crippen molar-refractivity contribution in [2.75, 3.05) is 26.6 Å². The summed E-state index contributed by atoms with van der Waals surface area (Å²) in [5.41, 5.74) is 0.920. The summed E-state index contributed by atoms with van der Waals surface area (Å²) in [6.07, 6.45) is 3.10. The number of anilines is 1. The van der Waals surface area contributed by atoms with Crippen molar-refractivity contribution < 1.29 is 19.0 Å². The van der Waals surface area contributed by atoms with Crippen LogP contribution in [0, 0.1) is 5.92 Å². The lowest BCUT2D eigenvalue weighted by atomic mass is 9.82. The molecule has 0 radical (unpaired) electrons. The molecule has 2 atom stereocenters. The van der Waals surface area contributed by atoms with Gasteiger partial charge in [-0.25, -0.2) is 0 Å². The minimum Gasteiger partial charge on any atom is -0.497 e. The van der Waals surface area contributed by atoms with Crippen molar-refractivity contribution in [1.82, 2.24) is 0 Å². The quantitative estimate of drug-likeness (QED) is 0.785. The van der Waals surface area contributed by atoms with Gasteiger partial charge in [0.25, 0.3) is 0 Å². The van der Waals surface area contributed by atoms with E-state index >= 15 is 0 Å². The second kappa shape index (κ2) is 8.15. The van der Waals surface area contributed by atoms with E-state index in [9.17, 15) is 4.79 Å². The lowest BCUT2D eigenvalue weighted by Crippen LogP contribution is -2.46. The first-order chi connectivity index (χ1) is 10.7. The van der Waals surface area contributed by atoms with Crippen LogP contribution in [0.1, 0.15) is 25.7 Å². The second-order valence-electron chi connectivity index (χ2n) is 5.56. The SMILES string of the molecule is COc1ccc(N[C@H](C(OC)OC)[C@@H]2CCCCC2=O)cc1. The highest BCUT2D eigenvalue weighted by atomic mass is 16.7. The Kier molecular flexibility index (Phi) is 6.21. The van der Waals surface area contributed by atoms with Gasteiger partial charge in [-0.1, -0.05) is 6.42 Å². The molecule has 0 aliphatic heterocycles. The molecule has 1 aromatic rings. The van der Waals surface area contributed by atoms with Crippen molar-refractivity contribution >= 4 is 11.5 Å². The number of nitrogens with one attached hydrogen (secondary N) is 1. The molecule has 1 N–H and O–H groups in total. The third-order valence-corrected chi connectivity index (χ3v) is 4.22. The van der Waals surface area contributed by atoms with Crippen molar-refractivity contribution in [3.63, 3.8) is 0 Å².